The predicted molar refractivity (Wildman–Crippen MR) is 83.8 cm³/mol. The van der Waals surface area contributed by atoms with Crippen LogP contribution in [0.15, 0.2) is 18.2 Å². The van der Waals surface area contributed by atoms with Gasteiger partial charge < -0.3 is 9.72 Å². The van der Waals surface area contributed by atoms with Crippen LogP contribution in [-0.4, -0.2) is 29.1 Å². The second-order valence-electron chi connectivity index (χ2n) is 5.27. The lowest BCUT2D eigenvalue weighted by Gasteiger charge is -2.34. The first-order chi connectivity index (χ1) is 10.2. The molecule has 0 saturated heterocycles. The quantitative estimate of drug-likeness (QED) is 0.899. The molecule has 1 N–H and O–H groups in total. The summed E-state index contributed by atoms with van der Waals surface area (Å²) < 4.78 is 5.17. The molecular weight excluding hydrogens is 288 g/mol. The van der Waals surface area contributed by atoms with Gasteiger partial charge >= 0.3 is 6.09 Å². The number of aromatic amines is 1. The van der Waals surface area contributed by atoms with Gasteiger partial charge in [-0.3, -0.25) is 4.90 Å². The molecule has 2 aromatic rings. The van der Waals surface area contributed by atoms with Crippen molar-refractivity contribution >= 4 is 28.6 Å². The van der Waals surface area contributed by atoms with E-state index in [-0.39, 0.29) is 12.1 Å². The Kier molecular flexibility index (Phi) is 3.81. The highest BCUT2D eigenvalue weighted by molar-refractivity contribution is 6.31. The summed E-state index contributed by atoms with van der Waals surface area (Å²) in [6, 6.07) is 5.92. The molecule has 1 aromatic heterocycles. The minimum atomic E-state index is -0.230. The summed E-state index contributed by atoms with van der Waals surface area (Å²) >= 11 is 6.11. The molecule has 4 nitrogen and oxygen atoms in total. The van der Waals surface area contributed by atoms with Crippen LogP contribution >= 0.6 is 11.6 Å². The molecule has 0 saturated carbocycles. The molecule has 0 radical (unpaired) electrons. The number of carbonyl (C=O) groups is 1. The third kappa shape index (κ3) is 2.38. The summed E-state index contributed by atoms with van der Waals surface area (Å²) in [6.45, 7) is 5.01. The average Bonchev–Trinajstić information content (AvgIpc) is 2.84. The van der Waals surface area contributed by atoms with Crippen molar-refractivity contribution < 1.29 is 9.53 Å². The second-order valence-corrected chi connectivity index (χ2v) is 5.71. The third-order valence-corrected chi connectivity index (χ3v) is 4.34. The van der Waals surface area contributed by atoms with Crippen molar-refractivity contribution in [3.63, 3.8) is 0 Å². The molecule has 0 aliphatic carbocycles. The number of hydrogen-bond donors (Lipinski definition) is 1. The summed E-state index contributed by atoms with van der Waals surface area (Å²) in [5, 5.41) is 1.91. The van der Waals surface area contributed by atoms with Crippen molar-refractivity contribution in [3.8, 4) is 0 Å². The minimum Gasteiger partial charge on any atom is -0.450 e. The van der Waals surface area contributed by atoms with E-state index in [1.807, 2.05) is 30.0 Å². The fourth-order valence-electron chi connectivity index (χ4n) is 3.19. The van der Waals surface area contributed by atoms with Gasteiger partial charge in [-0.15, -0.1) is 0 Å². The highest BCUT2D eigenvalue weighted by Crippen LogP contribution is 2.37. The fraction of sp³-hybridized carbons (Fsp3) is 0.438. The fourth-order valence-corrected chi connectivity index (χ4v) is 3.36. The van der Waals surface area contributed by atoms with Crippen LogP contribution in [0.1, 0.15) is 37.6 Å². The van der Waals surface area contributed by atoms with Crippen LogP contribution in [0.2, 0.25) is 5.02 Å². The topological polar surface area (TPSA) is 45.3 Å². The van der Waals surface area contributed by atoms with Gasteiger partial charge in [0.05, 0.1) is 12.6 Å². The number of halogens is 1. The second kappa shape index (κ2) is 5.60. The highest BCUT2D eigenvalue weighted by atomic mass is 35.5. The van der Waals surface area contributed by atoms with E-state index in [1.54, 1.807) is 0 Å². The average molecular weight is 307 g/mol. The van der Waals surface area contributed by atoms with Gasteiger partial charge in [-0.25, -0.2) is 4.79 Å². The molecule has 21 heavy (non-hydrogen) atoms. The summed E-state index contributed by atoms with van der Waals surface area (Å²) in [7, 11) is 0. The van der Waals surface area contributed by atoms with Crippen molar-refractivity contribution in [2.45, 2.75) is 32.7 Å². The van der Waals surface area contributed by atoms with Crippen LogP contribution in [-0.2, 0) is 11.2 Å². The van der Waals surface area contributed by atoms with E-state index >= 15 is 0 Å². The van der Waals surface area contributed by atoms with Gasteiger partial charge in [-0.05, 0) is 43.5 Å². The molecule has 1 atom stereocenters. The molecule has 1 aliphatic rings. The van der Waals surface area contributed by atoms with E-state index in [0.29, 0.717) is 13.2 Å². The van der Waals surface area contributed by atoms with Crippen molar-refractivity contribution in [2.24, 2.45) is 0 Å². The molecule has 1 aliphatic heterocycles. The SMILES string of the molecule is CCOC(=O)N1CCc2c([nH]c3ccc(Cl)cc23)C1CC. The zero-order valence-corrected chi connectivity index (χ0v) is 13.0. The Morgan fingerprint density at radius 3 is 3.00 bits per heavy atom. The number of carbonyl (C=O) groups excluding carboxylic acids is 1. The monoisotopic (exact) mass is 306 g/mol. The smallest absolute Gasteiger partial charge is 0.410 e. The number of hydrogen-bond acceptors (Lipinski definition) is 2. The van der Waals surface area contributed by atoms with Gasteiger partial charge in [-0.1, -0.05) is 18.5 Å². The Balaban J connectivity index is 2.05. The van der Waals surface area contributed by atoms with Crippen LogP contribution < -0.4 is 0 Å². The lowest BCUT2D eigenvalue weighted by atomic mass is 9.96. The maximum atomic E-state index is 12.1. The van der Waals surface area contributed by atoms with Gasteiger partial charge in [0.2, 0.25) is 0 Å². The Morgan fingerprint density at radius 1 is 1.48 bits per heavy atom. The molecule has 0 bridgehead atoms. The predicted octanol–water partition coefficient (Wildman–Crippen LogP) is 4.29. The lowest BCUT2D eigenvalue weighted by Crippen LogP contribution is -2.40. The number of nitrogens with zero attached hydrogens (tertiary/aromatic N) is 1. The number of aromatic nitrogens is 1. The standard InChI is InChI=1S/C16H19ClN2O2/c1-3-14-15-11(7-8-19(14)16(20)21-4-2)12-9-10(17)5-6-13(12)18-15/h5-6,9,14,18H,3-4,7-8H2,1-2H3. The first kappa shape index (κ1) is 14.3. The Labute approximate surface area is 129 Å². The molecule has 2 heterocycles. The lowest BCUT2D eigenvalue weighted by molar-refractivity contribution is 0.0848. The van der Waals surface area contributed by atoms with Crippen LogP contribution in [0, 0.1) is 0 Å². The van der Waals surface area contributed by atoms with Crippen molar-refractivity contribution in [1.29, 1.82) is 0 Å². The molecule has 1 unspecified atom stereocenters. The minimum absolute atomic E-state index is 0.0407. The number of ether oxygens (including phenoxy) is 1. The first-order valence-electron chi connectivity index (χ1n) is 7.39. The zero-order valence-electron chi connectivity index (χ0n) is 12.3. The Morgan fingerprint density at radius 2 is 2.29 bits per heavy atom. The highest BCUT2D eigenvalue weighted by Gasteiger charge is 2.32. The van der Waals surface area contributed by atoms with Gasteiger partial charge in [0.1, 0.15) is 0 Å². The van der Waals surface area contributed by atoms with Gasteiger partial charge in [-0.2, -0.15) is 0 Å². The molecule has 1 amide bonds. The largest absolute Gasteiger partial charge is 0.450 e. The van der Waals surface area contributed by atoms with E-state index < -0.39 is 0 Å². The molecule has 0 spiro atoms. The van der Waals surface area contributed by atoms with Crippen molar-refractivity contribution in [2.75, 3.05) is 13.2 Å². The van der Waals surface area contributed by atoms with E-state index in [2.05, 4.69) is 11.9 Å². The van der Waals surface area contributed by atoms with E-state index in [0.717, 1.165) is 29.1 Å². The molecular formula is C16H19ClN2O2. The number of fused-ring (bicyclic) bond motifs is 3. The van der Waals surface area contributed by atoms with Crippen LogP contribution in [0.4, 0.5) is 4.79 Å². The van der Waals surface area contributed by atoms with E-state index in [9.17, 15) is 4.79 Å². The number of amides is 1. The normalized spacial score (nSPS) is 17.9. The van der Waals surface area contributed by atoms with Crippen LogP contribution in [0.3, 0.4) is 0 Å². The van der Waals surface area contributed by atoms with Gasteiger partial charge in [0.25, 0.3) is 0 Å². The van der Waals surface area contributed by atoms with E-state index in [4.69, 9.17) is 16.3 Å². The van der Waals surface area contributed by atoms with Crippen molar-refractivity contribution in [1.82, 2.24) is 9.88 Å². The van der Waals surface area contributed by atoms with Gasteiger partial charge in [0.15, 0.2) is 0 Å². The molecule has 112 valence electrons. The molecule has 5 heteroatoms. The molecule has 0 fully saturated rings. The summed E-state index contributed by atoms with van der Waals surface area (Å²) in [5.41, 5.74) is 3.47. The summed E-state index contributed by atoms with van der Waals surface area (Å²) in [4.78, 5) is 17.4. The number of benzene rings is 1. The Bertz CT molecular complexity index is 680. The zero-order chi connectivity index (χ0) is 15.0. The maximum Gasteiger partial charge on any atom is 0.410 e. The van der Waals surface area contributed by atoms with Crippen LogP contribution in [0.25, 0.3) is 10.9 Å². The maximum absolute atomic E-state index is 12.1. The van der Waals surface area contributed by atoms with Crippen LogP contribution in [0.5, 0.6) is 0 Å². The summed E-state index contributed by atoms with van der Waals surface area (Å²) in [5.74, 6) is 0. The summed E-state index contributed by atoms with van der Waals surface area (Å²) in [6.07, 6.45) is 1.45. The molecule has 3 rings (SSSR count). The third-order valence-electron chi connectivity index (χ3n) is 4.10. The molecule has 1 aromatic carbocycles. The van der Waals surface area contributed by atoms with Crippen molar-refractivity contribution in [3.05, 3.63) is 34.5 Å². The first-order valence-corrected chi connectivity index (χ1v) is 7.76. The number of rotatable bonds is 2. The number of H-pyrrole nitrogens is 1. The van der Waals surface area contributed by atoms with E-state index in [1.165, 1.54) is 10.9 Å². The van der Waals surface area contributed by atoms with Gasteiger partial charge in [0, 0.05) is 28.2 Å². The number of nitrogens with one attached hydrogen (secondary N) is 1. The Hall–Kier alpha value is -1.68.